The van der Waals surface area contributed by atoms with Gasteiger partial charge in [0.1, 0.15) is 6.54 Å². The van der Waals surface area contributed by atoms with Gasteiger partial charge in [-0.3, -0.25) is 9.59 Å². The van der Waals surface area contributed by atoms with E-state index in [1.54, 1.807) is 6.07 Å². The fourth-order valence-corrected chi connectivity index (χ4v) is 2.86. The maximum absolute atomic E-state index is 12.5. The van der Waals surface area contributed by atoms with E-state index in [2.05, 4.69) is 0 Å². The van der Waals surface area contributed by atoms with Crippen LogP contribution in [0.15, 0.2) is 18.2 Å². The predicted octanol–water partition coefficient (Wildman–Crippen LogP) is 3.40. The monoisotopic (exact) mass is 322 g/mol. The van der Waals surface area contributed by atoms with Crippen LogP contribution in [0.2, 0.25) is 5.02 Å². The van der Waals surface area contributed by atoms with Gasteiger partial charge in [-0.25, -0.2) is 0 Å². The number of likely N-dealkylation sites (tertiary alicyclic amines) is 1. The van der Waals surface area contributed by atoms with Crippen molar-refractivity contribution in [3.63, 3.8) is 0 Å². The Balaban J connectivity index is 2.12. The molecule has 1 aliphatic rings. The molecule has 0 spiro atoms. The molecule has 22 heavy (non-hydrogen) atoms. The average molecular weight is 323 g/mol. The third kappa shape index (κ3) is 4.23. The average Bonchev–Trinajstić information content (AvgIpc) is 2.76. The molecule has 4 nitrogen and oxygen atoms in total. The summed E-state index contributed by atoms with van der Waals surface area (Å²) in [5.41, 5.74) is 1.62. The molecule has 0 atom stereocenters. The summed E-state index contributed by atoms with van der Waals surface area (Å²) in [4.78, 5) is 27.8. The van der Waals surface area contributed by atoms with Gasteiger partial charge in [-0.15, -0.1) is 0 Å². The van der Waals surface area contributed by atoms with E-state index in [1.165, 1.54) is 24.7 Å². The molecular weight excluding hydrogens is 300 g/mol. The molecule has 0 bridgehead atoms. The third-order valence-corrected chi connectivity index (χ3v) is 4.51. The molecule has 2 amide bonds. The van der Waals surface area contributed by atoms with Crippen molar-refractivity contribution >= 4 is 29.1 Å². The summed E-state index contributed by atoms with van der Waals surface area (Å²) in [5.74, 6) is -0.142. The highest BCUT2D eigenvalue weighted by Gasteiger charge is 2.21. The molecule has 1 aromatic rings. The number of carbonyl (C=O) groups is 2. The lowest BCUT2D eigenvalue weighted by atomic mass is 10.2. The van der Waals surface area contributed by atoms with Crippen LogP contribution in [0, 0.1) is 6.92 Å². The molecule has 0 aliphatic carbocycles. The number of hydrogen-bond donors (Lipinski definition) is 0. The van der Waals surface area contributed by atoms with Crippen LogP contribution in [-0.2, 0) is 9.59 Å². The minimum absolute atomic E-state index is 0.00815. The number of benzene rings is 1. The summed E-state index contributed by atoms with van der Waals surface area (Å²) in [7, 11) is 0. The number of hydrogen-bond acceptors (Lipinski definition) is 2. The maximum atomic E-state index is 12.5. The first-order valence-corrected chi connectivity index (χ1v) is 8.19. The first-order chi connectivity index (χ1) is 10.5. The van der Waals surface area contributed by atoms with Crippen molar-refractivity contribution in [2.24, 2.45) is 0 Å². The number of amides is 2. The lowest BCUT2D eigenvalue weighted by Crippen LogP contribution is -2.42. The molecule has 0 N–H and O–H groups in total. The second-order valence-electron chi connectivity index (χ2n) is 5.83. The van der Waals surface area contributed by atoms with Gasteiger partial charge in [0.15, 0.2) is 0 Å². The summed E-state index contributed by atoms with van der Waals surface area (Å²) < 4.78 is 0. The molecule has 1 aromatic carbocycles. The highest BCUT2D eigenvalue weighted by molar-refractivity contribution is 6.31. The molecule has 1 saturated heterocycles. The zero-order valence-corrected chi connectivity index (χ0v) is 14.0. The highest BCUT2D eigenvalue weighted by atomic mass is 35.5. The van der Waals surface area contributed by atoms with E-state index in [0.29, 0.717) is 10.7 Å². The van der Waals surface area contributed by atoms with E-state index in [1.807, 2.05) is 24.0 Å². The Labute approximate surface area is 137 Å². The minimum Gasteiger partial charge on any atom is -0.341 e. The Morgan fingerprint density at radius 2 is 1.82 bits per heavy atom. The van der Waals surface area contributed by atoms with Crippen LogP contribution in [-0.4, -0.2) is 36.3 Å². The van der Waals surface area contributed by atoms with Crippen molar-refractivity contribution < 1.29 is 9.59 Å². The van der Waals surface area contributed by atoms with Crippen molar-refractivity contribution in [3.8, 4) is 0 Å². The van der Waals surface area contributed by atoms with Crippen LogP contribution in [0.1, 0.15) is 38.2 Å². The van der Waals surface area contributed by atoms with Crippen LogP contribution in [0.4, 0.5) is 5.69 Å². The first-order valence-electron chi connectivity index (χ1n) is 7.81. The van der Waals surface area contributed by atoms with E-state index in [0.717, 1.165) is 31.5 Å². The number of nitrogens with zero attached hydrogens (tertiary/aromatic N) is 2. The van der Waals surface area contributed by atoms with Gasteiger partial charge in [-0.1, -0.05) is 30.5 Å². The van der Waals surface area contributed by atoms with E-state index in [-0.39, 0.29) is 18.4 Å². The van der Waals surface area contributed by atoms with Crippen molar-refractivity contribution in [1.82, 2.24) is 4.90 Å². The van der Waals surface area contributed by atoms with E-state index < -0.39 is 0 Å². The van der Waals surface area contributed by atoms with Crippen LogP contribution >= 0.6 is 11.6 Å². The Bertz CT molecular complexity index is 552. The van der Waals surface area contributed by atoms with Gasteiger partial charge >= 0.3 is 0 Å². The van der Waals surface area contributed by atoms with Crippen molar-refractivity contribution in [2.45, 2.75) is 39.5 Å². The zero-order chi connectivity index (χ0) is 16.1. The Kier molecular flexibility index (Phi) is 5.83. The van der Waals surface area contributed by atoms with Crippen LogP contribution in [0.25, 0.3) is 0 Å². The number of aryl methyl sites for hydroxylation is 1. The molecule has 5 heteroatoms. The smallest absolute Gasteiger partial charge is 0.242 e. The summed E-state index contributed by atoms with van der Waals surface area (Å²) in [5, 5.41) is 0.603. The van der Waals surface area contributed by atoms with Crippen LogP contribution in [0.3, 0.4) is 0 Å². The fraction of sp³-hybridized carbons (Fsp3) is 0.529. The summed E-state index contributed by atoms with van der Waals surface area (Å²) in [6.07, 6.45) is 4.44. The molecule has 1 fully saturated rings. The van der Waals surface area contributed by atoms with Crippen molar-refractivity contribution in [2.75, 3.05) is 24.5 Å². The predicted molar refractivity (Wildman–Crippen MR) is 89.3 cm³/mol. The summed E-state index contributed by atoms with van der Waals surface area (Å²) in [6, 6.07) is 5.44. The molecular formula is C17H23ClN2O2. The van der Waals surface area contributed by atoms with Gasteiger partial charge in [-0.05, 0) is 37.5 Å². The lowest BCUT2D eigenvalue weighted by Gasteiger charge is -2.26. The lowest BCUT2D eigenvalue weighted by molar-refractivity contribution is -0.131. The second-order valence-corrected chi connectivity index (χ2v) is 6.24. The highest BCUT2D eigenvalue weighted by Crippen LogP contribution is 2.23. The van der Waals surface area contributed by atoms with Crippen LogP contribution in [0.5, 0.6) is 0 Å². The number of halogens is 1. The summed E-state index contributed by atoms with van der Waals surface area (Å²) >= 11 is 6.14. The Morgan fingerprint density at radius 1 is 1.18 bits per heavy atom. The molecule has 0 saturated carbocycles. The van der Waals surface area contributed by atoms with Gasteiger partial charge in [0.05, 0.1) is 0 Å². The molecule has 0 unspecified atom stereocenters. The molecule has 2 rings (SSSR count). The quantitative estimate of drug-likeness (QED) is 0.855. The van der Waals surface area contributed by atoms with Crippen molar-refractivity contribution in [1.29, 1.82) is 0 Å². The van der Waals surface area contributed by atoms with E-state index >= 15 is 0 Å². The zero-order valence-electron chi connectivity index (χ0n) is 13.3. The number of rotatable bonds is 3. The Hall–Kier alpha value is -1.55. The van der Waals surface area contributed by atoms with Gasteiger partial charge in [0.25, 0.3) is 0 Å². The van der Waals surface area contributed by atoms with Gasteiger partial charge in [0.2, 0.25) is 11.8 Å². The normalized spacial score (nSPS) is 15.3. The first kappa shape index (κ1) is 16.8. The SMILES string of the molecule is CC(=O)N(CC(=O)N1CCCCCC1)c1ccc(C)c(Cl)c1. The molecule has 0 aromatic heterocycles. The van der Waals surface area contributed by atoms with Crippen LogP contribution < -0.4 is 4.90 Å². The van der Waals surface area contributed by atoms with Crippen molar-refractivity contribution in [3.05, 3.63) is 28.8 Å². The third-order valence-electron chi connectivity index (χ3n) is 4.10. The standard InChI is InChI=1S/C17H23ClN2O2/c1-13-7-8-15(11-16(13)18)20(14(2)21)12-17(22)19-9-5-3-4-6-10-19/h7-8,11H,3-6,9-10,12H2,1-2H3. The topological polar surface area (TPSA) is 40.6 Å². The minimum atomic E-state index is -0.150. The molecule has 1 heterocycles. The van der Waals surface area contributed by atoms with Gasteiger partial charge in [0, 0.05) is 30.7 Å². The maximum Gasteiger partial charge on any atom is 0.242 e. The van der Waals surface area contributed by atoms with E-state index in [9.17, 15) is 9.59 Å². The number of carbonyl (C=O) groups excluding carboxylic acids is 2. The number of anilines is 1. The molecule has 120 valence electrons. The molecule has 1 aliphatic heterocycles. The molecule has 0 radical (unpaired) electrons. The largest absolute Gasteiger partial charge is 0.341 e. The summed E-state index contributed by atoms with van der Waals surface area (Å²) in [6.45, 7) is 5.04. The van der Waals surface area contributed by atoms with Gasteiger partial charge < -0.3 is 9.80 Å². The second kappa shape index (κ2) is 7.63. The fourth-order valence-electron chi connectivity index (χ4n) is 2.69. The van der Waals surface area contributed by atoms with E-state index in [4.69, 9.17) is 11.6 Å². The Morgan fingerprint density at radius 3 is 2.36 bits per heavy atom. The van der Waals surface area contributed by atoms with Gasteiger partial charge in [-0.2, -0.15) is 0 Å².